The van der Waals surface area contributed by atoms with Crippen LogP contribution in [0.5, 0.6) is 5.75 Å². The van der Waals surface area contributed by atoms with Gasteiger partial charge in [0.05, 0.1) is 13.7 Å². The van der Waals surface area contributed by atoms with Crippen LogP contribution in [0.2, 0.25) is 0 Å². The van der Waals surface area contributed by atoms with Crippen LogP contribution in [0.25, 0.3) is 0 Å². The zero-order chi connectivity index (χ0) is 17.5. The van der Waals surface area contributed by atoms with E-state index in [1.165, 1.54) is 0 Å². The molecule has 24 heavy (non-hydrogen) atoms. The second kappa shape index (κ2) is 8.68. The number of nitrogens with one attached hydrogen (secondary N) is 1. The van der Waals surface area contributed by atoms with Gasteiger partial charge in [-0.1, -0.05) is 19.1 Å². The maximum Gasteiger partial charge on any atom is 0.317 e. The molecule has 6 nitrogen and oxygen atoms in total. The Morgan fingerprint density at radius 1 is 1.38 bits per heavy atom. The Labute approximate surface area is 142 Å². The molecule has 132 valence electrons. The molecular weight excluding hydrogens is 308 g/mol. The monoisotopic (exact) mass is 334 g/mol. The van der Waals surface area contributed by atoms with Crippen molar-refractivity contribution in [2.45, 2.75) is 44.7 Å². The predicted molar refractivity (Wildman–Crippen MR) is 91.2 cm³/mol. The minimum Gasteiger partial charge on any atom is -0.497 e. The van der Waals surface area contributed by atoms with Gasteiger partial charge >= 0.3 is 5.97 Å². The molecule has 1 aliphatic carbocycles. The molecule has 6 heteroatoms. The Hall–Kier alpha value is -2.08. The molecule has 1 saturated carbocycles. The highest BCUT2D eigenvalue weighted by Gasteiger charge is 2.34. The van der Waals surface area contributed by atoms with E-state index < -0.39 is 5.97 Å². The highest BCUT2D eigenvalue weighted by molar-refractivity contribution is 5.76. The molecule has 0 radical (unpaired) electrons. The van der Waals surface area contributed by atoms with Crippen molar-refractivity contribution in [2.24, 2.45) is 0 Å². The largest absolute Gasteiger partial charge is 0.497 e. The van der Waals surface area contributed by atoms with Gasteiger partial charge in [-0.2, -0.15) is 0 Å². The predicted octanol–water partition coefficient (Wildman–Crippen LogP) is 1.68. The lowest BCUT2D eigenvalue weighted by atomic mass is 9.85. The number of methoxy groups -OCH3 is 1. The van der Waals surface area contributed by atoms with E-state index >= 15 is 0 Å². The van der Waals surface area contributed by atoms with Crippen LogP contribution in [-0.2, 0) is 16.0 Å². The number of hydrogen-bond acceptors (Lipinski definition) is 4. The molecule has 0 aliphatic heterocycles. The van der Waals surface area contributed by atoms with Gasteiger partial charge in [0.1, 0.15) is 5.75 Å². The molecule has 1 aliphatic rings. The number of carbonyl (C=O) groups excluding carboxylic acids is 1. The lowest BCUT2D eigenvalue weighted by Gasteiger charge is -2.42. The van der Waals surface area contributed by atoms with Crippen molar-refractivity contribution in [1.29, 1.82) is 0 Å². The van der Waals surface area contributed by atoms with Gasteiger partial charge in [-0.15, -0.1) is 0 Å². The second-order valence-corrected chi connectivity index (χ2v) is 6.20. The average molecular weight is 334 g/mol. The van der Waals surface area contributed by atoms with Gasteiger partial charge in [0.15, 0.2) is 0 Å². The van der Waals surface area contributed by atoms with Gasteiger partial charge in [0.25, 0.3) is 0 Å². The van der Waals surface area contributed by atoms with Crippen LogP contribution in [0, 0.1) is 0 Å². The fraction of sp³-hybridized carbons (Fsp3) is 0.556. The fourth-order valence-electron chi connectivity index (χ4n) is 3.06. The second-order valence-electron chi connectivity index (χ2n) is 6.20. The van der Waals surface area contributed by atoms with Crippen molar-refractivity contribution < 1.29 is 19.4 Å². The first kappa shape index (κ1) is 18.3. The molecule has 1 aromatic rings. The highest BCUT2D eigenvalue weighted by atomic mass is 16.5. The third-order valence-electron chi connectivity index (χ3n) is 4.51. The number of carbonyl (C=O) groups is 2. The minimum absolute atomic E-state index is 0.0440. The third kappa shape index (κ3) is 5.23. The Balaban J connectivity index is 1.69. The number of nitrogens with zero attached hydrogens (tertiary/aromatic N) is 1. The molecule has 2 rings (SSSR count). The van der Waals surface area contributed by atoms with E-state index in [0.717, 1.165) is 24.2 Å². The number of aliphatic carboxylic acids is 1. The summed E-state index contributed by atoms with van der Waals surface area (Å²) in [5.74, 6) is 0.0398. The molecule has 1 fully saturated rings. The smallest absolute Gasteiger partial charge is 0.317 e. The zero-order valence-electron chi connectivity index (χ0n) is 14.3. The van der Waals surface area contributed by atoms with Gasteiger partial charge in [0, 0.05) is 18.5 Å². The number of ether oxygens (including phenoxy) is 1. The SMILES string of the molecule is CCN(CC(=O)O)C1CC(NC(=O)CCc2cccc(OC)c2)C1. The summed E-state index contributed by atoms with van der Waals surface area (Å²) in [6, 6.07) is 8.15. The standard InChI is InChI=1S/C18H26N2O4/c1-3-20(12-18(22)23)15-10-14(11-15)19-17(21)8-7-13-5-4-6-16(9-13)24-2/h4-6,9,14-15H,3,7-8,10-12H2,1-2H3,(H,19,21)(H,22,23). The summed E-state index contributed by atoms with van der Waals surface area (Å²) in [7, 11) is 1.63. The van der Waals surface area contributed by atoms with E-state index in [1.54, 1.807) is 7.11 Å². The van der Waals surface area contributed by atoms with E-state index in [0.29, 0.717) is 19.4 Å². The van der Waals surface area contributed by atoms with Crippen LogP contribution in [-0.4, -0.2) is 54.2 Å². The Morgan fingerprint density at radius 3 is 2.75 bits per heavy atom. The normalized spacial score (nSPS) is 19.6. The number of amides is 1. The molecule has 0 unspecified atom stereocenters. The summed E-state index contributed by atoms with van der Waals surface area (Å²) in [5, 5.41) is 11.9. The van der Waals surface area contributed by atoms with Crippen LogP contribution >= 0.6 is 0 Å². The van der Waals surface area contributed by atoms with Crippen molar-refractivity contribution in [3.05, 3.63) is 29.8 Å². The first-order chi connectivity index (χ1) is 11.5. The zero-order valence-corrected chi connectivity index (χ0v) is 14.3. The van der Waals surface area contributed by atoms with Crippen LogP contribution in [0.15, 0.2) is 24.3 Å². The van der Waals surface area contributed by atoms with Crippen LogP contribution < -0.4 is 10.1 Å². The number of hydrogen-bond donors (Lipinski definition) is 2. The first-order valence-corrected chi connectivity index (χ1v) is 8.40. The van der Waals surface area contributed by atoms with E-state index in [1.807, 2.05) is 36.1 Å². The van der Waals surface area contributed by atoms with Gasteiger partial charge in [0.2, 0.25) is 5.91 Å². The van der Waals surface area contributed by atoms with Gasteiger partial charge in [-0.3, -0.25) is 14.5 Å². The fourth-order valence-corrected chi connectivity index (χ4v) is 3.06. The maximum absolute atomic E-state index is 12.0. The molecule has 0 aromatic heterocycles. The van der Waals surface area contributed by atoms with Crippen molar-refractivity contribution in [3.8, 4) is 5.75 Å². The van der Waals surface area contributed by atoms with Crippen molar-refractivity contribution in [3.63, 3.8) is 0 Å². The lowest BCUT2D eigenvalue weighted by Crippen LogP contribution is -2.54. The van der Waals surface area contributed by atoms with Crippen LogP contribution in [0.3, 0.4) is 0 Å². The maximum atomic E-state index is 12.0. The summed E-state index contributed by atoms with van der Waals surface area (Å²) in [6.07, 6.45) is 2.78. The molecule has 1 aromatic carbocycles. The van der Waals surface area contributed by atoms with Crippen molar-refractivity contribution in [1.82, 2.24) is 10.2 Å². The molecule has 1 amide bonds. The first-order valence-electron chi connectivity index (χ1n) is 8.40. The Morgan fingerprint density at radius 2 is 2.12 bits per heavy atom. The number of carboxylic acids is 1. The summed E-state index contributed by atoms with van der Waals surface area (Å²) in [6.45, 7) is 2.74. The molecule has 0 bridgehead atoms. The molecule has 0 atom stereocenters. The lowest BCUT2D eigenvalue weighted by molar-refractivity contribution is -0.139. The molecule has 0 saturated heterocycles. The number of likely N-dealkylation sites (N-methyl/N-ethyl adjacent to an activating group) is 1. The number of rotatable bonds is 9. The number of benzene rings is 1. The summed E-state index contributed by atoms with van der Waals surface area (Å²) in [4.78, 5) is 24.8. The van der Waals surface area contributed by atoms with Crippen molar-refractivity contribution in [2.75, 3.05) is 20.2 Å². The topological polar surface area (TPSA) is 78.9 Å². The summed E-state index contributed by atoms with van der Waals surface area (Å²) in [5.41, 5.74) is 1.08. The van der Waals surface area contributed by atoms with E-state index in [-0.39, 0.29) is 24.5 Å². The number of aryl methyl sites for hydroxylation is 1. The number of carboxylic acid groups (broad SMARTS) is 1. The third-order valence-corrected chi connectivity index (χ3v) is 4.51. The molecule has 0 heterocycles. The summed E-state index contributed by atoms with van der Waals surface area (Å²) >= 11 is 0. The van der Waals surface area contributed by atoms with E-state index in [9.17, 15) is 9.59 Å². The van der Waals surface area contributed by atoms with Crippen LogP contribution in [0.1, 0.15) is 31.7 Å². The van der Waals surface area contributed by atoms with Crippen molar-refractivity contribution >= 4 is 11.9 Å². The average Bonchev–Trinajstić information content (AvgIpc) is 2.54. The van der Waals surface area contributed by atoms with E-state index in [2.05, 4.69) is 5.32 Å². The van der Waals surface area contributed by atoms with Gasteiger partial charge in [-0.25, -0.2) is 0 Å². The highest BCUT2D eigenvalue weighted by Crippen LogP contribution is 2.25. The Bertz CT molecular complexity index is 570. The molecular formula is C18H26N2O4. The van der Waals surface area contributed by atoms with Gasteiger partial charge in [-0.05, 0) is 43.5 Å². The Kier molecular flexibility index (Phi) is 6.61. The van der Waals surface area contributed by atoms with Crippen LogP contribution in [0.4, 0.5) is 0 Å². The molecule has 2 N–H and O–H groups in total. The quantitative estimate of drug-likeness (QED) is 0.718. The van der Waals surface area contributed by atoms with E-state index in [4.69, 9.17) is 9.84 Å². The molecule has 0 spiro atoms. The minimum atomic E-state index is -0.803. The summed E-state index contributed by atoms with van der Waals surface area (Å²) < 4.78 is 5.18. The van der Waals surface area contributed by atoms with Gasteiger partial charge < -0.3 is 15.2 Å².